The summed E-state index contributed by atoms with van der Waals surface area (Å²) in [4.78, 5) is 24.1. The van der Waals surface area contributed by atoms with E-state index in [0.29, 0.717) is 5.56 Å². The average Bonchev–Trinajstić information content (AvgIpc) is 2.53. The summed E-state index contributed by atoms with van der Waals surface area (Å²) in [7, 11) is 0. The summed E-state index contributed by atoms with van der Waals surface area (Å²) in [6.45, 7) is 4.14. The van der Waals surface area contributed by atoms with Gasteiger partial charge in [-0.2, -0.15) is 0 Å². The van der Waals surface area contributed by atoms with Gasteiger partial charge in [-0.05, 0) is 31.0 Å². The van der Waals surface area contributed by atoms with Crippen LogP contribution in [0.1, 0.15) is 25.2 Å². The van der Waals surface area contributed by atoms with Gasteiger partial charge in [-0.15, -0.1) is 0 Å². The van der Waals surface area contributed by atoms with Crippen LogP contribution in [0.15, 0.2) is 41.5 Å². The van der Waals surface area contributed by atoms with Gasteiger partial charge in [0.05, 0.1) is 5.52 Å². The standard InChI is InChI=1S/C17H17N3O/c1-3-12-8-16-14(15(4-2)19-12)9-13(17(21)20-16)11-6-5-7-18-10-11/h5-10H,3-4H2,1-2H3,(H,20,21). The van der Waals surface area contributed by atoms with Gasteiger partial charge in [0, 0.05) is 40.3 Å². The van der Waals surface area contributed by atoms with E-state index < -0.39 is 0 Å². The maximum atomic E-state index is 12.3. The second-order valence-corrected chi connectivity index (χ2v) is 4.98. The molecule has 0 fully saturated rings. The molecule has 0 aliphatic carbocycles. The van der Waals surface area contributed by atoms with Gasteiger partial charge in [0.25, 0.3) is 5.56 Å². The third-order valence-electron chi connectivity index (χ3n) is 3.64. The van der Waals surface area contributed by atoms with Crippen molar-refractivity contribution in [3.8, 4) is 11.1 Å². The molecule has 0 aliphatic heterocycles. The van der Waals surface area contributed by atoms with E-state index >= 15 is 0 Å². The highest BCUT2D eigenvalue weighted by Gasteiger charge is 2.10. The predicted molar refractivity (Wildman–Crippen MR) is 84.4 cm³/mol. The van der Waals surface area contributed by atoms with E-state index in [1.165, 1.54) is 0 Å². The fraction of sp³-hybridized carbons (Fsp3) is 0.235. The fourth-order valence-corrected chi connectivity index (χ4v) is 2.52. The Bertz CT molecular complexity index is 838. The molecule has 0 atom stereocenters. The minimum atomic E-state index is -0.0918. The molecule has 0 radical (unpaired) electrons. The van der Waals surface area contributed by atoms with Gasteiger partial charge in [0.1, 0.15) is 0 Å². The Morgan fingerprint density at radius 2 is 2.05 bits per heavy atom. The SMILES string of the molecule is CCc1cc2[nH]c(=O)c(-c3cccnc3)cc2c(CC)n1. The first-order valence-electron chi connectivity index (χ1n) is 7.19. The molecule has 0 spiro atoms. The van der Waals surface area contributed by atoms with Crippen molar-refractivity contribution in [1.82, 2.24) is 15.0 Å². The first-order chi connectivity index (χ1) is 10.2. The number of rotatable bonds is 3. The van der Waals surface area contributed by atoms with E-state index in [1.807, 2.05) is 24.3 Å². The van der Waals surface area contributed by atoms with Crippen LogP contribution in [0.2, 0.25) is 0 Å². The van der Waals surface area contributed by atoms with Gasteiger partial charge >= 0.3 is 0 Å². The molecule has 0 amide bonds. The van der Waals surface area contributed by atoms with E-state index in [0.717, 1.165) is 40.7 Å². The predicted octanol–water partition coefficient (Wildman–Crippen LogP) is 3.11. The molecule has 3 aromatic rings. The van der Waals surface area contributed by atoms with Gasteiger partial charge in [-0.3, -0.25) is 14.8 Å². The van der Waals surface area contributed by atoms with Crippen molar-refractivity contribution in [2.75, 3.05) is 0 Å². The van der Waals surface area contributed by atoms with Gasteiger partial charge in [-0.1, -0.05) is 19.9 Å². The summed E-state index contributed by atoms with van der Waals surface area (Å²) in [5, 5.41) is 1.01. The normalized spacial score (nSPS) is 11.0. The van der Waals surface area contributed by atoms with Crippen molar-refractivity contribution >= 4 is 10.9 Å². The lowest BCUT2D eigenvalue weighted by Gasteiger charge is -2.09. The second kappa shape index (κ2) is 5.48. The van der Waals surface area contributed by atoms with E-state index in [2.05, 4.69) is 28.8 Å². The molecule has 21 heavy (non-hydrogen) atoms. The number of aromatic nitrogens is 3. The molecule has 0 saturated carbocycles. The third-order valence-corrected chi connectivity index (χ3v) is 3.64. The summed E-state index contributed by atoms with van der Waals surface area (Å²) < 4.78 is 0. The number of H-pyrrole nitrogens is 1. The first-order valence-corrected chi connectivity index (χ1v) is 7.19. The molecular weight excluding hydrogens is 262 g/mol. The zero-order valence-electron chi connectivity index (χ0n) is 12.2. The molecule has 3 heterocycles. The number of hydrogen-bond acceptors (Lipinski definition) is 3. The molecule has 3 aromatic heterocycles. The Kier molecular flexibility index (Phi) is 3.52. The molecule has 0 bridgehead atoms. The van der Waals surface area contributed by atoms with Gasteiger partial charge in [-0.25, -0.2) is 0 Å². The summed E-state index contributed by atoms with van der Waals surface area (Å²) in [6, 6.07) is 7.61. The van der Waals surface area contributed by atoms with Crippen molar-refractivity contribution in [3.63, 3.8) is 0 Å². The van der Waals surface area contributed by atoms with Crippen LogP contribution in [0.5, 0.6) is 0 Å². The zero-order chi connectivity index (χ0) is 14.8. The smallest absolute Gasteiger partial charge is 0.256 e. The van der Waals surface area contributed by atoms with Crippen molar-refractivity contribution in [3.05, 3.63) is 58.4 Å². The quantitative estimate of drug-likeness (QED) is 0.801. The first kappa shape index (κ1) is 13.5. The maximum Gasteiger partial charge on any atom is 0.256 e. The highest BCUT2D eigenvalue weighted by molar-refractivity contribution is 5.85. The Labute approximate surface area is 122 Å². The number of fused-ring (bicyclic) bond motifs is 1. The average molecular weight is 279 g/mol. The fourth-order valence-electron chi connectivity index (χ4n) is 2.52. The highest BCUT2D eigenvalue weighted by Crippen LogP contribution is 2.22. The number of pyridine rings is 3. The van der Waals surface area contributed by atoms with Crippen LogP contribution in [0.25, 0.3) is 22.0 Å². The van der Waals surface area contributed by atoms with Crippen molar-refractivity contribution in [2.45, 2.75) is 26.7 Å². The zero-order valence-corrected chi connectivity index (χ0v) is 12.2. The van der Waals surface area contributed by atoms with Gasteiger partial charge in [0.15, 0.2) is 0 Å². The number of hydrogen-bond donors (Lipinski definition) is 1. The Morgan fingerprint density at radius 3 is 2.71 bits per heavy atom. The van der Waals surface area contributed by atoms with Crippen LogP contribution in [-0.2, 0) is 12.8 Å². The highest BCUT2D eigenvalue weighted by atomic mass is 16.1. The maximum absolute atomic E-state index is 12.3. The molecule has 0 unspecified atom stereocenters. The minimum absolute atomic E-state index is 0.0918. The van der Waals surface area contributed by atoms with Crippen molar-refractivity contribution in [1.29, 1.82) is 0 Å². The number of nitrogens with zero attached hydrogens (tertiary/aromatic N) is 2. The van der Waals surface area contributed by atoms with Crippen molar-refractivity contribution in [2.24, 2.45) is 0 Å². The molecule has 1 N–H and O–H groups in total. The lowest BCUT2D eigenvalue weighted by molar-refractivity contribution is 0.968. The van der Waals surface area contributed by atoms with Crippen molar-refractivity contribution < 1.29 is 0 Å². The van der Waals surface area contributed by atoms with Crippen LogP contribution < -0.4 is 5.56 Å². The Morgan fingerprint density at radius 1 is 1.19 bits per heavy atom. The van der Waals surface area contributed by atoms with Crippen LogP contribution in [0.3, 0.4) is 0 Å². The lowest BCUT2D eigenvalue weighted by atomic mass is 10.0. The molecule has 4 nitrogen and oxygen atoms in total. The molecule has 0 aliphatic rings. The van der Waals surface area contributed by atoms with Gasteiger partial charge in [0.2, 0.25) is 0 Å². The van der Waals surface area contributed by atoms with E-state index in [4.69, 9.17) is 0 Å². The number of nitrogens with one attached hydrogen (secondary N) is 1. The molecular formula is C17H17N3O. The van der Waals surface area contributed by atoms with Crippen LogP contribution in [0, 0.1) is 0 Å². The van der Waals surface area contributed by atoms with Crippen LogP contribution >= 0.6 is 0 Å². The monoisotopic (exact) mass is 279 g/mol. The number of aromatic amines is 1. The summed E-state index contributed by atoms with van der Waals surface area (Å²) >= 11 is 0. The van der Waals surface area contributed by atoms with Crippen LogP contribution in [0.4, 0.5) is 0 Å². The Hall–Kier alpha value is -2.49. The Balaban J connectivity index is 2.31. The molecule has 3 rings (SSSR count). The largest absolute Gasteiger partial charge is 0.321 e. The summed E-state index contributed by atoms with van der Waals surface area (Å²) in [5.41, 5.74) is 4.25. The summed E-state index contributed by atoms with van der Waals surface area (Å²) in [6.07, 6.45) is 5.10. The molecule has 4 heteroatoms. The number of aryl methyl sites for hydroxylation is 2. The minimum Gasteiger partial charge on any atom is -0.321 e. The molecule has 0 aromatic carbocycles. The molecule has 106 valence electrons. The van der Waals surface area contributed by atoms with Crippen LogP contribution in [-0.4, -0.2) is 15.0 Å². The molecule has 0 saturated heterocycles. The van der Waals surface area contributed by atoms with Gasteiger partial charge < -0.3 is 4.98 Å². The second-order valence-electron chi connectivity index (χ2n) is 4.98. The topological polar surface area (TPSA) is 58.6 Å². The van der Waals surface area contributed by atoms with E-state index in [9.17, 15) is 4.79 Å². The van der Waals surface area contributed by atoms with E-state index in [1.54, 1.807) is 12.4 Å². The summed E-state index contributed by atoms with van der Waals surface area (Å²) in [5.74, 6) is 0. The third kappa shape index (κ3) is 2.44. The lowest BCUT2D eigenvalue weighted by Crippen LogP contribution is -2.10. The van der Waals surface area contributed by atoms with E-state index in [-0.39, 0.29) is 5.56 Å².